The highest BCUT2D eigenvalue weighted by atomic mass is 19.1. The average molecular weight is 195 g/mol. The summed E-state index contributed by atoms with van der Waals surface area (Å²) in [7, 11) is 0. The molecule has 0 atom stereocenters. The molecule has 0 spiro atoms. The fourth-order valence-electron chi connectivity index (χ4n) is 1.57. The van der Waals surface area contributed by atoms with E-state index in [-0.39, 0.29) is 17.3 Å². The lowest BCUT2D eigenvalue weighted by molar-refractivity contribution is 0.0694. The van der Waals surface area contributed by atoms with Crippen LogP contribution in [0.25, 0.3) is 0 Å². The molecular weight excluding hydrogens is 185 g/mol. The number of benzene rings is 1. The summed E-state index contributed by atoms with van der Waals surface area (Å²) in [6.45, 7) is 1.45. The third-order valence-electron chi connectivity index (χ3n) is 2.47. The Labute approximate surface area is 80.6 Å². The highest BCUT2D eigenvalue weighted by Crippen LogP contribution is 2.24. The van der Waals surface area contributed by atoms with Crippen LogP contribution in [0.5, 0.6) is 0 Å². The molecule has 0 aromatic heterocycles. The zero-order valence-corrected chi connectivity index (χ0v) is 7.46. The summed E-state index contributed by atoms with van der Waals surface area (Å²) in [5.74, 6) is -1.24. The summed E-state index contributed by atoms with van der Waals surface area (Å²) >= 11 is 0. The highest BCUT2D eigenvalue weighted by molar-refractivity contribution is 5.89. The van der Waals surface area contributed by atoms with Crippen LogP contribution >= 0.6 is 0 Å². The maximum absolute atomic E-state index is 12.9. The van der Waals surface area contributed by atoms with E-state index in [0.717, 1.165) is 13.1 Å². The highest BCUT2D eigenvalue weighted by Gasteiger charge is 2.24. The van der Waals surface area contributed by atoms with Crippen molar-refractivity contribution in [3.63, 3.8) is 0 Å². The first-order chi connectivity index (χ1) is 6.68. The minimum absolute atomic E-state index is 0.136. The molecule has 0 saturated carbocycles. The van der Waals surface area contributed by atoms with Crippen LogP contribution in [0, 0.1) is 5.82 Å². The molecule has 0 unspecified atom stereocenters. The molecule has 1 fully saturated rings. The zero-order chi connectivity index (χ0) is 10.1. The zero-order valence-electron chi connectivity index (χ0n) is 7.46. The van der Waals surface area contributed by atoms with Crippen LogP contribution in [-0.4, -0.2) is 24.2 Å². The Morgan fingerprint density at radius 2 is 2.21 bits per heavy atom. The average Bonchev–Trinajstić information content (AvgIpc) is 2.00. The van der Waals surface area contributed by atoms with E-state index >= 15 is 0 Å². The van der Waals surface area contributed by atoms with Crippen LogP contribution in [0.1, 0.15) is 21.8 Å². The number of rotatable bonds is 2. The number of aromatic carboxylic acids is 1. The van der Waals surface area contributed by atoms with Gasteiger partial charge in [-0.3, -0.25) is 0 Å². The lowest BCUT2D eigenvalue weighted by atomic mass is 9.90. The smallest absolute Gasteiger partial charge is 0.335 e. The number of halogens is 1. The van der Waals surface area contributed by atoms with Crippen LogP contribution in [0.2, 0.25) is 0 Å². The number of carboxylic acids is 1. The van der Waals surface area contributed by atoms with Gasteiger partial charge in [0.25, 0.3) is 0 Å². The molecule has 1 heterocycles. The second-order valence-electron chi connectivity index (χ2n) is 3.39. The third-order valence-corrected chi connectivity index (χ3v) is 2.47. The molecule has 2 N–H and O–H groups in total. The second-order valence-corrected chi connectivity index (χ2v) is 3.39. The maximum Gasteiger partial charge on any atom is 0.335 e. The van der Waals surface area contributed by atoms with Gasteiger partial charge in [0.05, 0.1) is 5.56 Å². The minimum atomic E-state index is -0.994. The van der Waals surface area contributed by atoms with Crippen molar-refractivity contribution >= 4 is 5.97 Å². The first-order valence-electron chi connectivity index (χ1n) is 4.42. The van der Waals surface area contributed by atoms with E-state index in [1.54, 1.807) is 0 Å². The Bertz CT molecular complexity index is 374. The first-order valence-corrected chi connectivity index (χ1v) is 4.42. The van der Waals surface area contributed by atoms with E-state index in [2.05, 4.69) is 5.32 Å². The van der Waals surface area contributed by atoms with E-state index in [9.17, 15) is 9.18 Å². The molecule has 0 amide bonds. The van der Waals surface area contributed by atoms with E-state index in [1.165, 1.54) is 18.2 Å². The number of carboxylic acid groups (broad SMARTS) is 1. The van der Waals surface area contributed by atoms with Crippen LogP contribution < -0.4 is 5.32 Å². The topological polar surface area (TPSA) is 49.3 Å². The van der Waals surface area contributed by atoms with E-state index in [0.29, 0.717) is 5.56 Å². The Morgan fingerprint density at radius 3 is 2.71 bits per heavy atom. The molecule has 2 rings (SSSR count). The Hall–Kier alpha value is -1.42. The Morgan fingerprint density at radius 1 is 1.50 bits per heavy atom. The molecule has 1 aromatic rings. The molecule has 74 valence electrons. The van der Waals surface area contributed by atoms with Gasteiger partial charge in [0, 0.05) is 19.0 Å². The summed E-state index contributed by atoms with van der Waals surface area (Å²) in [4.78, 5) is 10.8. The largest absolute Gasteiger partial charge is 0.478 e. The van der Waals surface area contributed by atoms with Gasteiger partial charge in [-0.2, -0.15) is 0 Å². The monoisotopic (exact) mass is 195 g/mol. The van der Waals surface area contributed by atoms with Gasteiger partial charge in [0.2, 0.25) is 0 Å². The molecule has 0 radical (unpaired) electrons. The summed E-state index contributed by atoms with van der Waals surface area (Å²) in [6, 6.07) is 3.82. The number of carbonyl (C=O) groups is 1. The molecule has 14 heavy (non-hydrogen) atoms. The van der Waals surface area contributed by atoms with Crippen molar-refractivity contribution in [2.75, 3.05) is 13.1 Å². The van der Waals surface area contributed by atoms with Crippen LogP contribution in [0.3, 0.4) is 0 Å². The van der Waals surface area contributed by atoms with Gasteiger partial charge in [-0.1, -0.05) is 0 Å². The summed E-state index contributed by atoms with van der Waals surface area (Å²) in [6.07, 6.45) is 0. The summed E-state index contributed by atoms with van der Waals surface area (Å²) < 4.78 is 12.9. The SMILES string of the molecule is O=C(O)c1ccc(F)cc1C1CNC1. The predicted molar refractivity (Wildman–Crippen MR) is 49.0 cm³/mol. The molecule has 1 aromatic carbocycles. The summed E-state index contributed by atoms with van der Waals surface area (Å²) in [5.41, 5.74) is 0.800. The van der Waals surface area contributed by atoms with E-state index in [1.807, 2.05) is 0 Å². The number of hydrogen-bond donors (Lipinski definition) is 2. The van der Waals surface area contributed by atoms with Gasteiger partial charge in [0.15, 0.2) is 0 Å². The molecule has 3 nitrogen and oxygen atoms in total. The normalized spacial score (nSPS) is 16.4. The van der Waals surface area contributed by atoms with Gasteiger partial charge >= 0.3 is 5.97 Å². The standard InChI is InChI=1S/C10H10FNO2/c11-7-1-2-8(10(13)14)9(3-7)6-4-12-5-6/h1-3,6,12H,4-5H2,(H,13,14). The van der Waals surface area contributed by atoms with Crippen molar-refractivity contribution < 1.29 is 14.3 Å². The molecule has 4 heteroatoms. The minimum Gasteiger partial charge on any atom is -0.478 e. The van der Waals surface area contributed by atoms with Crippen molar-refractivity contribution in [2.45, 2.75) is 5.92 Å². The molecule has 0 aliphatic carbocycles. The van der Waals surface area contributed by atoms with Crippen LogP contribution in [-0.2, 0) is 0 Å². The fourth-order valence-corrected chi connectivity index (χ4v) is 1.57. The molecule has 1 aliphatic heterocycles. The van der Waals surface area contributed by atoms with Crippen LogP contribution in [0.4, 0.5) is 4.39 Å². The van der Waals surface area contributed by atoms with Gasteiger partial charge in [0.1, 0.15) is 5.82 Å². The van der Waals surface area contributed by atoms with Crippen molar-refractivity contribution in [2.24, 2.45) is 0 Å². The van der Waals surface area contributed by atoms with Crippen molar-refractivity contribution in [1.82, 2.24) is 5.32 Å². The second kappa shape index (κ2) is 3.38. The molecule has 0 bridgehead atoms. The first kappa shape index (κ1) is 9.15. The van der Waals surface area contributed by atoms with E-state index < -0.39 is 5.97 Å². The van der Waals surface area contributed by atoms with Gasteiger partial charge in [-0.25, -0.2) is 9.18 Å². The Kier molecular flexibility index (Phi) is 2.21. The fraction of sp³-hybridized carbons (Fsp3) is 0.300. The molecular formula is C10H10FNO2. The quantitative estimate of drug-likeness (QED) is 0.745. The lowest BCUT2D eigenvalue weighted by Crippen LogP contribution is -2.40. The molecule has 1 aliphatic rings. The third kappa shape index (κ3) is 1.48. The number of hydrogen-bond acceptors (Lipinski definition) is 2. The van der Waals surface area contributed by atoms with Crippen molar-refractivity contribution in [3.8, 4) is 0 Å². The number of nitrogens with one attached hydrogen (secondary N) is 1. The van der Waals surface area contributed by atoms with Gasteiger partial charge in [-0.05, 0) is 23.8 Å². The maximum atomic E-state index is 12.9. The Balaban J connectivity index is 2.42. The predicted octanol–water partition coefficient (Wildman–Crippen LogP) is 1.21. The summed E-state index contributed by atoms with van der Waals surface area (Å²) in [5, 5.41) is 11.9. The van der Waals surface area contributed by atoms with Gasteiger partial charge < -0.3 is 10.4 Å². The lowest BCUT2D eigenvalue weighted by Gasteiger charge is -2.28. The van der Waals surface area contributed by atoms with Gasteiger partial charge in [-0.15, -0.1) is 0 Å². The van der Waals surface area contributed by atoms with Crippen molar-refractivity contribution in [1.29, 1.82) is 0 Å². The van der Waals surface area contributed by atoms with Crippen molar-refractivity contribution in [3.05, 3.63) is 35.1 Å². The van der Waals surface area contributed by atoms with E-state index in [4.69, 9.17) is 5.11 Å². The molecule has 1 saturated heterocycles. The van der Waals surface area contributed by atoms with Crippen LogP contribution in [0.15, 0.2) is 18.2 Å².